The SMILES string of the molecule is c1ccc(-c2cccc(N(c3ccc4c(ccc5ccc6nc(-c7ccccc7)c(-c7ccccc7)nc6c54)c3)c3ccc4c(c3)sc3ccccc34)c2)cc1. The Morgan fingerprint density at radius 2 is 0.929 bits per heavy atom. The smallest absolute Gasteiger partial charge is 0.0979 e. The lowest BCUT2D eigenvalue weighted by Gasteiger charge is -2.26. The molecule has 262 valence electrons. The maximum absolute atomic E-state index is 5.47. The Morgan fingerprint density at radius 3 is 1.70 bits per heavy atom. The normalized spacial score (nSPS) is 11.6. The summed E-state index contributed by atoms with van der Waals surface area (Å²) in [5, 5.41) is 7.13. The van der Waals surface area contributed by atoms with Crippen molar-refractivity contribution >= 4 is 81.1 Å². The van der Waals surface area contributed by atoms with Crippen molar-refractivity contribution < 1.29 is 0 Å². The van der Waals surface area contributed by atoms with Crippen LogP contribution in [0.2, 0.25) is 0 Å². The average Bonchev–Trinajstić information content (AvgIpc) is 3.65. The summed E-state index contributed by atoms with van der Waals surface area (Å²) in [5.41, 5.74) is 11.3. The molecule has 0 atom stereocenters. The fraction of sp³-hybridized carbons (Fsp3) is 0. The summed E-state index contributed by atoms with van der Waals surface area (Å²) in [6.45, 7) is 0. The largest absolute Gasteiger partial charge is 0.310 e. The van der Waals surface area contributed by atoms with Crippen LogP contribution >= 0.6 is 11.3 Å². The molecule has 11 rings (SSSR count). The van der Waals surface area contributed by atoms with Crippen molar-refractivity contribution in [2.75, 3.05) is 4.90 Å². The molecule has 0 unspecified atom stereocenters. The highest BCUT2D eigenvalue weighted by atomic mass is 32.1. The Labute approximate surface area is 328 Å². The molecule has 9 aromatic carbocycles. The van der Waals surface area contributed by atoms with Crippen LogP contribution < -0.4 is 4.90 Å². The highest BCUT2D eigenvalue weighted by Gasteiger charge is 2.19. The second-order valence-electron chi connectivity index (χ2n) is 14.2. The lowest BCUT2D eigenvalue weighted by molar-refractivity contribution is 1.29. The van der Waals surface area contributed by atoms with Gasteiger partial charge in [-0.05, 0) is 75.8 Å². The van der Waals surface area contributed by atoms with E-state index < -0.39 is 0 Å². The second kappa shape index (κ2) is 13.3. The fourth-order valence-corrected chi connectivity index (χ4v) is 9.28. The van der Waals surface area contributed by atoms with Crippen LogP contribution in [0, 0.1) is 0 Å². The molecule has 4 heteroatoms. The van der Waals surface area contributed by atoms with Crippen LogP contribution in [0.5, 0.6) is 0 Å². The summed E-state index contributed by atoms with van der Waals surface area (Å²) in [6, 6.07) is 71.5. The summed E-state index contributed by atoms with van der Waals surface area (Å²) in [4.78, 5) is 13.2. The number of fused-ring (bicyclic) bond motifs is 8. The van der Waals surface area contributed by atoms with Gasteiger partial charge in [-0.3, -0.25) is 0 Å². The van der Waals surface area contributed by atoms with Crippen molar-refractivity contribution in [1.29, 1.82) is 0 Å². The molecule has 2 aromatic heterocycles. The first-order valence-corrected chi connectivity index (χ1v) is 19.7. The van der Waals surface area contributed by atoms with Crippen LogP contribution in [0.3, 0.4) is 0 Å². The van der Waals surface area contributed by atoms with Crippen molar-refractivity contribution in [2.45, 2.75) is 0 Å². The molecule has 0 amide bonds. The summed E-state index contributed by atoms with van der Waals surface area (Å²) in [7, 11) is 0. The van der Waals surface area contributed by atoms with Crippen molar-refractivity contribution in [3.63, 3.8) is 0 Å². The quantitative estimate of drug-likeness (QED) is 0.159. The van der Waals surface area contributed by atoms with E-state index in [1.165, 1.54) is 31.3 Å². The van der Waals surface area contributed by atoms with E-state index >= 15 is 0 Å². The number of anilines is 3. The third kappa shape index (κ3) is 5.50. The molecule has 0 radical (unpaired) electrons. The summed E-state index contributed by atoms with van der Waals surface area (Å²) in [6.07, 6.45) is 0. The molecular formula is C52H33N3S. The topological polar surface area (TPSA) is 29.0 Å². The number of hydrogen-bond donors (Lipinski definition) is 0. The minimum atomic E-state index is 0.878. The first kappa shape index (κ1) is 32.3. The van der Waals surface area contributed by atoms with E-state index in [9.17, 15) is 0 Å². The maximum atomic E-state index is 5.47. The standard InChI is InChI=1S/C52H33N3S/c1-4-13-34(14-5-1)38-19-12-20-40(31-38)55(42-27-29-45-44-21-10-11-22-47(44)56-48(45)33-42)41-26-28-43-39(32-41)24-23-35-25-30-46-52(49(35)43)54-51(37-17-8-3-9-18-37)50(53-46)36-15-6-2-7-16-36/h1-33H. The van der Waals surface area contributed by atoms with Crippen molar-refractivity contribution in [3.05, 3.63) is 200 Å². The van der Waals surface area contributed by atoms with Crippen LogP contribution in [0.15, 0.2) is 200 Å². The third-order valence-electron chi connectivity index (χ3n) is 10.8. The van der Waals surface area contributed by atoms with Gasteiger partial charge in [0.1, 0.15) is 0 Å². The van der Waals surface area contributed by atoms with E-state index in [0.29, 0.717) is 0 Å². The van der Waals surface area contributed by atoms with Crippen LogP contribution in [0.25, 0.3) is 86.4 Å². The Bertz CT molecular complexity index is 3250. The molecule has 0 saturated heterocycles. The first-order chi connectivity index (χ1) is 27.7. The zero-order valence-corrected chi connectivity index (χ0v) is 31.1. The van der Waals surface area contributed by atoms with E-state index in [2.05, 4.69) is 193 Å². The predicted octanol–water partition coefficient (Wildman–Crippen LogP) is 14.8. The van der Waals surface area contributed by atoms with Gasteiger partial charge in [-0.1, -0.05) is 152 Å². The van der Waals surface area contributed by atoms with Gasteiger partial charge < -0.3 is 4.90 Å². The van der Waals surface area contributed by atoms with Crippen molar-refractivity contribution in [1.82, 2.24) is 9.97 Å². The van der Waals surface area contributed by atoms with E-state index in [-0.39, 0.29) is 0 Å². The van der Waals surface area contributed by atoms with Gasteiger partial charge in [0.05, 0.1) is 22.4 Å². The van der Waals surface area contributed by atoms with Gasteiger partial charge in [0.2, 0.25) is 0 Å². The molecular weight excluding hydrogens is 699 g/mol. The van der Waals surface area contributed by atoms with Crippen LogP contribution in [-0.4, -0.2) is 9.97 Å². The zero-order valence-electron chi connectivity index (χ0n) is 30.3. The van der Waals surface area contributed by atoms with Crippen molar-refractivity contribution in [2.24, 2.45) is 0 Å². The first-order valence-electron chi connectivity index (χ1n) is 18.9. The Balaban J connectivity index is 1.12. The lowest BCUT2D eigenvalue weighted by atomic mass is 9.98. The summed E-state index contributed by atoms with van der Waals surface area (Å²) in [5.74, 6) is 0. The van der Waals surface area contributed by atoms with E-state index in [0.717, 1.165) is 72.2 Å². The third-order valence-corrected chi connectivity index (χ3v) is 11.9. The highest BCUT2D eigenvalue weighted by Crippen LogP contribution is 2.43. The molecule has 0 N–H and O–H groups in total. The Morgan fingerprint density at radius 1 is 0.357 bits per heavy atom. The number of benzene rings is 9. The Kier molecular flexibility index (Phi) is 7.68. The molecule has 0 aliphatic carbocycles. The minimum absolute atomic E-state index is 0.878. The monoisotopic (exact) mass is 731 g/mol. The highest BCUT2D eigenvalue weighted by molar-refractivity contribution is 7.25. The molecule has 0 bridgehead atoms. The lowest BCUT2D eigenvalue weighted by Crippen LogP contribution is -2.10. The van der Waals surface area contributed by atoms with Gasteiger partial charge in [-0.2, -0.15) is 0 Å². The van der Waals surface area contributed by atoms with E-state index in [1.54, 1.807) is 0 Å². The minimum Gasteiger partial charge on any atom is -0.310 e. The van der Waals surface area contributed by atoms with E-state index in [4.69, 9.17) is 9.97 Å². The maximum Gasteiger partial charge on any atom is 0.0979 e. The molecule has 0 spiro atoms. The molecule has 56 heavy (non-hydrogen) atoms. The van der Waals surface area contributed by atoms with Crippen LogP contribution in [0.4, 0.5) is 17.1 Å². The molecule has 3 nitrogen and oxygen atoms in total. The second-order valence-corrected chi connectivity index (χ2v) is 15.3. The predicted molar refractivity (Wildman–Crippen MR) is 238 cm³/mol. The summed E-state index contributed by atoms with van der Waals surface area (Å²) >= 11 is 1.85. The van der Waals surface area contributed by atoms with Gasteiger partial charge in [0, 0.05) is 53.7 Å². The van der Waals surface area contributed by atoms with Gasteiger partial charge in [0.15, 0.2) is 0 Å². The number of nitrogens with zero attached hydrogens (tertiary/aromatic N) is 3. The number of hydrogen-bond acceptors (Lipinski definition) is 4. The van der Waals surface area contributed by atoms with Gasteiger partial charge in [-0.25, -0.2) is 9.97 Å². The fourth-order valence-electron chi connectivity index (χ4n) is 8.14. The van der Waals surface area contributed by atoms with Gasteiger partial charge in [-0.15, -0.1) is 11.3 Å². The van der Waals surface area contributed by atoms with Crippen LogP contribution in [0.1, 0.15) is 0 Å². The van der Waals surface area contributed by atoms with E-state index in [1.807, 2.05) is 23.5 Å². The summed E-state index contributed by atoms with van der Waals surface area (Å²) < 4.78 is 2.57. The molecule has 11 aromatic rings. The molecule has 0 aliphatic heterocycles. The molecule has 2 heterocycles. The molecule has 0 saturated carbocycles. The molecule has 0 fully saturated rings. The average molecular weight is 732 g/mol. The number of aromatic nitrogens is 2. The number of rotatable bonds is 6. The molecule has 0 aliphatic rings. The number of thiophene rings is 1. The van der Waals surface area contributed by atoms with Crippen LogP contribution in [-0.2, 0) is 0 Å². The zero-order chi connectivity index (χ0) is 37.0. The Hall–Kier alpha value is -7.14. The van der Waals surface area contributed by atoms with Gasteiger partial charge >= 0.3 is 0 Å². The van der Waals surface area contributed by atoms with Crippen molar-refractivity contribution in [3.8, 4) is 33.6 Å². The van der Waals surface area contributed by atoms with Gasteiger partial charge in [0.25, 0.3) is 0 Å².